The normalized spacial score (nSPS) is 15.4. The van der Waals surface area contributed by atoms with E-state index in [1.807, 2.05) is 0 Å². The molecule has 1 aliphatic carbocycles. The van der Waals surface area contributed by atoms with Crippen LogP contribution in [0.2, 0.25) is 0 Å². The highest BCUT2D eigenvalue weighted by Gasteiger charge is 2.19. The molecule has 1 saturated carbocycles. The Labute approximate surface area is 114 Å². The lowest BCUT2D eigenvalue weighted by Gasteiger charge is -2.08. The Balaban J connectivity index is 1.74. The van der Waals surface area contributed by atoms with Crippen LogP contribution < -0.4 is 14.8 Å². The average molecular weight is 284 g/mol. The summed E-state index contributed by atoms with van der Waals surface area (Å²) < 4.78 is 30.9. The predicted molar refractivity (Wildman–Crippen MR) is 73.8 cm³/mol. The van der Waals surface area contributed by atoms with Gasteiger partial charge >= 0.3 is 0 Å². The molecule has 0 atom stereocenters. The third-order valence-electron chi connectivity index (χ3n) is 3.00. The standard InChI is InChI=1S/C13H20N2O3S/c1-14-19(16,17)13-7-5-12(6-8-13)18-10-2-9-15-11-3-4-11/h5-8,11,14-15H,2-4,9-10H2,1H3. The molecule has 1 aromatic rings. The van der Waals surface area contributed by atoms with Gasteiger partial charge < -0.3 is 10.1 Å². The molecule has 2 rings (SSSR count). The summed E-state index contributed by atoms with van der Waals surface area (Å²) in [6.45, 7) is 1.61. The number of rotatable bonds is 8. The molecule has 2 N–H and O–H groups in total. The number of nitrogens with one attached hydrogen (secondary N) is 2. The molecule has 0 heterocycles. The molecule has 0 aliphatic heterocycles. The molecule has 0 spiro atoms. The van der Waals surface area contributed by atoms with Gasteiger partial charge in [0.1, 0.15) is 5.75 Å². The Morgan fingerprint density at radius 1 is 1.26 bits per heavy atom. The summed E-state index contributed by atoms with van der Waals surface area (Å²) >= 11 is 0. The number of hydrogen-bond donors (Lipinski definition) is 2. The molecule has 106 valence electrons. The van der Waals surface area contributed by atoms with Crippen LogP contribution >= 0.6 is 0 Å². The van der Waals surface area contributed by atoms with E-state index in [9.17, 15) is 8.42 Å². The fourth-order valence-corrected chi connectivity index (χ4v) is 2.42. The highest BCUT2D eigenvalue weighted by Crippen LogP contribution is 2.18. The minimum absolute atomic E-state index is 0.248. The molecule has 1 aliphatic rings. The molecule has 5 nitrogen and oxygen atoms in total. The summed E-state index contributed by atoms with van der Waals surface area (Å²) in [6.07, 6.45) is 3.54. The van der Waals surface area contributed by atoms with Crippen LogP contribution in [0.4, 0.5) is 0 Å². The van der Waals surface area contributed by atoms with E-state index in [1.165, 1.54) is 19.9 Å². The van der Waals surface area contributed by atoms with Crippen molar-refractivity contribution in [1.82, 2.24) is 10.0 Å². The van der Waals surface area contributed by atoms with E-state index in [1.54, 1.807) is 24.3 Å². The second kappa shape index (κ2) is 6.36. The first-order valence-corrected chi connectivity index (χ1v) is 8.00. The van der Waals surface area contributed by atoms with Crippen molar-refractivity contribution >= 4 is 10.0 Å². The van der Waals surface area contributed by atoms with Gasteiger partial charge in [0.25, 0.3) is 0 Å². The van der Waals surface area contributed by atoms with Crippen molar-refractivity contribution in [2.24, 2.45) is 0 Å². The molecular weight excluding hydrogens is 264 g/mol. The molecule has 6 heteroatoms. The minimum Gasteiger partial charge on any atom is -0.494 e. The Hall–Kier alpha value is -1.11. The molecule has 0 radical (unpaired) electrons. The van der Waals surface area contributed by atoms with Crippen LogP contribution in [0.15, 0.2) is 29.2 Å². The molecule has 1 aromatic carbocycles. The summed E-state index contributed by atoms with van der Waals surface area (Å²) in [5.74, 6) is 0.696. The van der Waals surface area contributed by atoms with E-state index < -0.39 is 10.0 Å². The van der Waals surface area contributed by atoms with Crippen LogP contribution in [0.25, 0.3) is 0 Å². The molecule has 0 bridgehead atoms. The maximum Gasteiger partial charge on any atom is 0.240 e. The van der Waals surface area contributed by atoms with Gasteiger partial charge in [0.15, 0.2) is 0 Å². The van der Waals surface area contributed by atoms with Crippen molar-refractivity contribution < 1.29 is 13.2 Å². The SMILES string of the molecule is CNS(=O)(=O)c1ccc(OCCCNC2CC2)cc1. The summed E-state index contributed by atoms with van der Waals surface area (Å²) in [6, 6.07) is 7.18. The largest absolute Gasteiger partial charge is 0.494 e. The maximum absolute atomic E-state index is 11.5. The van der Waals surface area contributed by atoms with Crippen molar-refractivity contribution in [3.05, 3.63) is 24.3 Å². The lowest BCUT2D eigenvalue weighted by atomic mass is 10.3. The fourth-order valence-electron chi connectivity index (χ4n) is 1.69. The molecule has 0 aromatic heterocycles. The van der Waals surface area contributed by atoms with Crippen molar-refractivity contribution in [3.63, 3.8) is 0 Å². The third kappa shape index (κ3) is 4.49. The van der Waals surface area contributed by atoms with Gasteiger partial charge in [0.05, 0.1) is 11.5 Å². The summed E-state index contributed by atoms with van der Waals surface area (Å²) in [7, 11) is -1.97. The summed E-state index contributed by atoms with van der Waals surface area (Å²) in [4.78, 5) is 0.248. The first-order chi connectivity index (χ1) is 9.12. The van der Waals surface area contributed by atoms with E-state index >= 15 is 0 Å². The van der Waals surface area contributed by atoms with Crippen LogP contribution in [-0.4, -0.2) is 34.7 Å². The first kappa shape index (κ1) is 14.3. The van der Waals surface area contributed by atoms with Crippen molar-refractivity contribution in [1.29, 1.82) is 0 Å². The van der Waals surface area contributed by atoms with E-state index in [4.69, 9.17) is 4.74 Å². The van der Waals surface area contributed by atoms with Gasteiger partial charge in [-0.1, -0.05) is 0 Å². The molecule has 1 fully saturated rings. The van der Waals surface area contributed by atoms with Gasteiger partial charge in [0, 0.05) is 6.04 Å². The van der Waals surface area contributed by atoms with E-state index in [2.05, 4.69) is 10.0 Å². The number of benzene rings is 1. The van der Waals surface area contributed by atoms with Gasteiger partial charge in [-0.3, -0.25) is 0 Å². The van der Waals surface area contributed by atoms with Gasteiger partial charge in [-0.25, -0.2) is 13.1 Å². The van der Waals surface area contributed by atoms with E-state index in [0.717, 1.165) is 19.0 Å². The summed E-state index contributed by atoms with van der Waals surface area (Å²) in [5, 5.41) is 3.41. The monoisotopic (exact) mass is 284 g/mol. The Morgan fingerprint density at radius 2 is 1.95 bits per heavy atom. The second-order valence-corrected chi connectivity index (χ2v) is 6.50. The first-order valence-electron chi connectivity index (χ1n) is 6.51. The van der Waals surface area contributed by atoms with Gasteiger partial charge in [-0.2, -0.15) is 0 Å². The highest BCUT2D eigenvalue weighted by molar-refractivity contribution is 7.89. The topological polar surface area (TPSA) is 67.4 Å². The van der Waals surface area contributed by atoms with Gasteiger partial charge in [0.2, 0.25) is 10.0 Å². The molecule has 19 heavy (non-hydrogen) atoms. The van der Waals surface area contributed by atoms with Gasteiger partial charge in [-0.15, -0.1) is 0 Å². The Kier molecular flexibility index (Phi) is 4.79. The van der Waals surface area contributed by atoms with Crippen LogP contribution in [0, 0.1) is 0 Å². The van der Waals surface area contributed by atoms with E-state index in [-0.39, 0.29) is 4.90 Å². The molecule has 0 unspecified atom stereocenters. The Bertz CT molecular complexity index is 495. The highest BCUT2D eigenvalue weighted by atomic mass is 32.2. The van der Waals surface area contributed by atoms with Crippen molar-refractivity contribution in [2.75, 3.05) is 20.2 Å². The lowest BCUT2D eigenvalue weighted by molar-refractivity contribution is 0.308. The number of ether oxygens (including phenoxy) is 1. The van der Waals surface area contributed by atoms with Crippen molar-refractivity contribution in [3.8, 4) is 5.75 Å². The quantitative estimate of drug-likeness (QED) is 0.702. The summed E-state index contributed by atoms with van der Waals surface area (Å²) in [5.41, 5.74) is 0. The van der Waals surface area contributed by atoms with Crippen LogP contribution in [0.3, 0.4) is 0 Å². The number of hydrogen-bond acceptors (Lipinski definition) is 4. The molecular formula is C13H20N2O3S. The second-order valence-electron chi connectivity index (χ2n) is 4.61. The van der Waals surface area contributed by atoms with Crippen LogP contribution in [0.1, 0.15) is 19.3 Å². The smallest absolute Gasteiger partial charge is 0.240 e. The van der Waals surface area contributed by atoms with E-state index in [0.29, 0.717) is 12.4 Å². The molecule has 0 amide bonds. The zero-order valence-electron chi connectivity index (χ0n) is 11.1. The van der Waals surface area contributed by atoms with Crippen LogP contribution in [0.5, 0.6) is 5.75 Å². The predicted octanol–water partition coefficient (Wildman–Crippen LogP) is 1.12. The fraction of sp³-hybridized carbons (Fsp3) is 0.538. The zero-order valence-corrected chi connectivity index (χ0v) is 11.9. The lowest BCUT2D eigenvalue weighted by Crippen LogP contribution is -2.19. The number of sulfonamides is 1. The minimum atomic E-state index is -3.36. The molecule has 0 saturated heterocycles. The van der Waals surface area contributed by atoms with Crippen molar-refractivity contribution in [2.45, 2.75) is 30.2 Å². The average Bonchev–Trinajstić information content (AvgIpc) is 3.23. The Morgan fingerprint density at radius 3 is 2.53 bits per heavy atom. The third-order valence-corrected chi connectivity index (χ3v) is 4.43. The maximum atomic E-state index is 11.5. The van der Waals surface area contributed by atoms with Crippen LogP contribution in [-0.2, 0) is 10.0 Å². The van der Waals surface area contributed by atoms with Gasteiger partial charge in [-0.05, 0) is 57.1 Å². The zero-order chi connectivity index (χ0) is 13.7.